The lowest BCUT2D eigenvalue weighted by Crippen LogP contribution is -2.46. The maximum Gasteiger partial charge on any atom is 0.236 e. The zero-order chi connectivity index (χ0) is 23.2. The van der Waals surface area contributed by atoms with Crippen molar-refractivity contribution < 1.29 is 9.13 Å². The molecule has 2 aliphatic heterocycles. The highest BCUT2D eigenvalue weighted by Crippen LogP contribution is 2.33. The number of thioether (sulfide) groups is 1. The first kappa shape index (κ1) is 23.8. The molecule has 4 rings (SSSR count). The number of ether oxygens (including phenoxy) is 1. The maximum absolute atomic E-state index is 14.7. The van der Waals surface area contributed by atoms with E-state index in [1.165, 1.54) is 13.2 Å². The molecule has 0 radical (unpaired) electrons. The van der Waals surface area contributed by atoms with Gasteiger partial charge in [0.05, 0.1) is 19.8 Å². The number of aromatic nitrogens is 3. The summed E-state index contributed by atoms with van der Waals surface area (Å²) in [5.74, 6) is 2.96. The van der Waals surface area contributed by atoms with Gasteiger partial charge in [-0.15, -0.1) is 0 Å². The molecular formula is C22H33FN8OS. The van der Waals surface area contributed by atoms with E-state index < -0.39 is 5.82 Å². The van der Waals surface area contributed by atoms with Crippen LogP contribution in [0.3, 0.4) is 0 Å². The van der Waals surface area contributed by atoms with Crippen molar-refractivity contribution in [1.82, 2.24) is 25.2 Å². The normalized spacial score (nSPS) is 19.9. The monoisotopic (exact) mass is 476 g/mol. The molecular weight excluding hydrogens is 443 g/mol. The minimum Gasteiger partial charge on any atom is -0.494 e. The Kier molecular flexibility index (Phi) is 8.05. The van der Waals surface area contributed by atoms with Gasteiger partial charge in [0, 0.05) is 42.4 Å². The van der Waals surface area contributed by atoms with Gasteiger partial charge in [-0.3, -0.25) is 4.90 Å². The summed E-state index contributed by atoms with van der Waals surface area (Å²) in [6.45, 7) is 5.77. The van der Waals surface area contributed by atoms with E-state index in [9.17, 15) is 4.39 Å². The number of hydrogen-bond donors (Lipinski definition) is 3. The minimum absolute atomic E-state index is 0.0223. The van der Waals surface area contributed by atoms with E-state index in [4.69, 9.17) is 15.5 Å². The third-order valence-corrected chi connectivity index (χ3v) is 7.09. The van der Waals surface area contributed by atoms with Crippen molar-refractivity contribution in [2.24, 2.45) is 0 Å². The molecule has 2 unspecified atom stereocenters. The Hall–Kier alpha value is -2.37. The zero-order valence-corrected chi connectivity index (χ0v) is 20.1. The first-order valence-corrected chi connectivity index (χ1v) is 12.7. The Morgan fingerprint density at radius 3 is 2.82 bits per heavy atom. The number of anilines is 4. The highest BCUT2D eigenvalue weighted by atomic mass is 32.2. The molecule has 4 N–H and O–H groups in total. The third-order valence-electron chi connectivity index (χ3n) is 6.15. The van der Waals surface area contributed by atoms with Gasteiger partial charge in [-0.25, -0.2) is 4.39 Å². The van der Waals surface area contributed by atoms with E-state index in [0.29, 0.717) is 24.3 Å². The number of nitrogens with one attached hydrogen (secondary N) is 2. The summed E-state index contributed by atoms with van der Waals surface area (Å²) < 4.78 is 19.8. The van der Waals surface area contributed by atoms with E-state index >= 15 is 0 Å². The van der Waals surface area contributed by atoms with Crippen molar-refractivity contribution >= 4 is 35.3 Å². The number of nitrogens with zero attached hydrogens (tertiary/aromatic N) is 5. The second-order valence-electron chi connectivity index (χ2n) is 8.25. The number of benzene rings is 1. The smallest absolute Gasteiger partial charge is 0.236 e. The fraction of sp³-hybridized carbons (Fsp3) is 0.591. The topological polar surface area (TPSA) is 104 Å². The maximum atomic E-state index is 14.7. The number of methoxy groups -OCH3 is 1. The summed E-state index contributed by atoms with van der Waals surface area (Å²) in [5.41, 5.74) is 6.75. The van der Waals surface area contributed by atoms with Crippen molar-refractivity contribution in [3.63, 3.8) is 0 Å². The molecule has 2 aliphatic rings. The van der Waals surface area contributed by atoms with Crippen LogP contribution >= 0.6 is 11.8 Å². The second kappa shape index (κ2) is 11.2. The van der Waals surface area contributed by atoms with Crippen LogP contribution in [-0.2, 0) is 0 Å². The molecule has 0 spiro atoms. The standard InChI is InChI=1S/C22H33FN8OS/c1-3-18(17-5-4-8-25-17)31(15-6-7-19(32-2)16(23)13-15)22-28-20(24)27-21(29-22)26-14-30-9-11-33-12-10-30/h6-7,13,17-18,25H,3-5,8-12,14H2,1-2H3,(H3,24,26,27,28,29). The number of halogens is 1. The summed E-state index contributed by atoms with van der Waals surface area (Å²) in [7, 11) is 1.46. The first-order valence-electron chi connectivity index (χ1n) is 11.5. The number of rotatable bonds is 9. The molecule has 2 atom stereocenters. The minimum atomic E-state index is -0.433. The van der Waals surface area contributed by atoms with Gasteiger partial charge in [-0.2, -0.15) is 26.7 Å². The van der Waals surface area contributed by atoms with E-state index in [-0.39, 0.29) is 23.8 Å². The van der Waals surface area contributed by atoms with Crippen LogP contribution in [0.4, 0.5) is 27.9 Å². The Morgan fingerprint density at radius 1 is 1.33 bits per heavy atom. The van der Waals surface area contributed by atoms with Crippen LogP contribution in [0.1, 0.15) is 26.2 Å². The lowest BCUT2D eigenvalue weighted by Gasteiger charge is -2.35. The predicted octanol–water partition coefficient (Wildman–Crippen LogP) is 2.69. The second-order valence-corrected chi connectivity index (χ2v) is 9.47. The molecule has 9 nitrogen and oxygen atoms in total. The lowest BCUT2D eigenvalue weighted by molar-refractivity contribution is 0.323. The van der Waals surface area contributed by atoms with Crippen LogP contribution in [0.15, 0.2) is 18.2 Å². The van der Waals surface area contributed by atoms with Crippen LogP contribution in [0, 0.1) is 5.82 Å². The van der Waals surface area contributed by atoms with Crippen LogP contribution in [0.25, 0.3) is 0 Å². The summed E-state index contributed by atoms with van der Waals surface area (Å²) in [5, 5.41) is 6.87. The van der Waals surface area contributed by atoms with Gasteiger partial charge in [-0.05, 0) is 37.9 Å². The fourth-order valence-corrected chi connectivity index (χ4v) is 5.44. The highest BCUT2D eigenvalue weighted by molar-refractivity contribution is 7.99. The third kappa shape index (κ3) is 5.77. The van der Waals surface area contributed by atoms with Crippen molar-refractivity contribution in [2.45, 2.75) is 38.3 Å². The molecule has 0 amide bonds. The van der Waals surface area contributed by atoms with Crippen LogP contribution < -0.4 is 26.0 Å². The lowest BCUT2D eigenvalue weighted by atomic mass is 10.0. The SMILES string of the molecule is CCC(C1CCCN1)N(c1ccc(OC)c(F)c1)c1nc(N)nc(NCN2CCSCC2)n1. The van der Waals surface area contributed by atoms with Gasteiger partial charge in [0.25, 0.3) is 0 Å². The number of nitrogens with two attached hydrogens (primary N) is 1. The Balaban J connectivity index is 1.66. The average Bonchev–Trinajstić information content (AvgIpc) is 3.36. The molecule has 3 heterocycles. The fourth-order valence-electron chi connectivity index (χ4n) is 4.46. The van der Waals surface area contributed by atoms with E-state index in [2.05, 4.69) is 32.4 Å². The molecule has 1 aromatic carbocycles. The van der Waals surface area contributed by atoms with Gasteiger partial charge >= 0.3 is 0 Å². The molecule has 11 heteroatoms. The summed E-state index contributed by atoms with van der Waals surface area (Å²) in [4.78, 5) is 17.8. The molecule has 0 saturated carbocycles. The summed E-state index contributed by atoms with van der Waals surface area (Å²) in [6.07, 6.45) is 2.96. The van der Waals surface area contributed by atoms with Crippen molar-refractivity contribution in [2.75, 3.05) is 60.9 Å². The largest absolute Gasteiger partial charge is 0.494 e. The van der Waals surface area contributed by atoms with Gasteiger partial charge in [0.1, 0.15) is 0 Å². The molecule has 2 fully saturated rings. The Labute approximate surface area is 198 Å². The van der Waals surface area contributed by atoms with E-state index in [0.717, 1.165) is 50.4 Å². The van der Waals surface area contributed by atoms with Gasteiger partial charge in [0.15, 0.2) is 11.6 Å². The molecule has 0 aliphatic carbocycles. The highest BCUT2D eigenvalue weighted by Gasteiger charge is 2.32. The first-order chi connectivity index (χ1) is 16.1. The summed E-state index contributed by atoms with van der Waals surface area (Å²) >= 11 is 1.97. The van der Waals surface area contributed by atoms with Gasteiger partial charge in [0.2, 0.25) is 17.8 Å². The van der Waals surface area contributed by atoms with E-state index in [1.807, 2.05) is 22.7 Å². The molecule has 0 bridgehead atoms. The predicted molar refractivity (Wildman–Crippen MR) is 132 cm³/mol. The molecule has 1 aromatic heterocycles. The van der Waals surface area contributed by atoms with Gasteiger partial charge < -0.3 is 26.0 Å². The van der Waals surface area contributed by atoms with Crippen LogP contribution in [-0.4, -0.2) is 76.9 Å². The Morgan fingerprint density at radius 2 is 2.15 bits per heavy atom. The Bertz CT molecular complexity index is 923. The van der Waals surface area contributed by atoms with Crippen molar-refractivity contribution in [3.8, 4) is 5.75 Å². The van der Waals surface area contributed by atoms with Gasteiger partial charge in [-0.1, -0.05) is 6.92 Å². The number of hydrogen-bond acceptors (Lipinski definition) is 10. The average molecular weight is 477 g/mol. The molecule has 33 heavy (non-hydrogen) atoms. The number of nitrogen functional groups attached to an aromatic ring is 1. The summed E-state index contributed by atoms with van der Waals surface area (Å²) in [6, 6.07) is 5.19. The van der Waals surface area contributed by atoms with Crippen molar-refractivity contribution in [3.05, 3.63) is 24.0 Å². The van der Waals surface area contributed by atoms with E-state index in [1.54, 1.807) is 6.07 Å². The quantitative estimate of drug-likeness (QED) is 0.500. The van der Waals surface area contributed by atoms with Crippen LogP contribution in [0.5, 0.6) is 5.75 Å². The van der Waals surface area contributed by atoms with Crippen molar-refractivity contribution in [1.29, 1.82) is 0 Å². The van der Waals surface area contributed by atoms with Crippen LogP contribution in [0.2, 0.25) is 0 Å². The molecule has 2 saturated heterocycles. The molecule has 180 valence electrons. The molecule has 2 aromatic rings. The zero-order valence-electron chi connectivity index (χ0n) is 19.3.